The van der Waals surface area contributed by atoms with Crippen LogP contribution in [0.1, 0.15) is 16.3 Å². The Morgan fingerprint density at radius 3 is 2.75 bits per heavy atom. The van der Waals surface area contributed by atoms with E-state index in [4.69, 9.17) is 5.11 Å². The van der Waals surface area contributed by atoms with Gasteiger partial charge in [0.05, 0.1) is 0 Å². The van der Waals surface area contributed by atoms with Crippen LogP contribution in [-0.2, 0) is 0 Å². The molecule has 0 aromatic carbocycles. The van der Waals surface area contributed by atoms with E-state index >= 15 is 0 Å². The van der Waals surface area contributed by atoms with Crippen LogP contribution in [0.15, 0.2) is 21.5 Å². The zero-order chi connectivity index (χ0) is 11.5. The van der Waals surface area contributed by atoms with Crippen LogP contribution < -0.4 is 0 Å². The summed E-state index contributed by atoms with van der Waals surface area (Å²) >= 11 is 2.58. The first-order chi connectivity index (χ1) is 7.65. The molecule has 2 aromatic rings. The van der Waals surface area contributed by atoms with Crippen molar-refractivity contribution in [3.05, 3.63) is 23.7 Å². The Morgan fingerprint density at radius 1 is 1.44 bits per heavy atom. The van der Waals surface area contributed by atoms with Crippen LogP contribution in [0, 0.1) is 6.92 Å². The summed E-state index contributed by atoms with van der Waals surface area (Å²) in [4.78, 5) is 14.7. The normalized spacial score (nSPS) is 10.3. The second-order valence-corrected chi connectivity index (χ2v) is 4.79. The van der Waals surface area contributed by atoms with Crippen LogP contribution in [0.2, 0.25) is 0 Å². The number of carbonyl (C=O) groups is 1. The number of nitrogens with zero attached hydrogens (tertiary/aromatic N) is 4. The van der Waals surface area contributed by atoms with E-state index in [-0.39, 0.29) is 5.69 Å². The maximum atomic E-state index is 10.5. The van der Waals surface area contributed by atoms with Crippen molar-refractivity contribution in [2.24, 2.45) is 0 Å². The maximum absolute atomic E-state index is 10.5. The molecule has 0 atom stereocenters. The number of carboxylic acids is 1. The Balaban J connectivity index is 2.14. The molecular formula is C8H6N4O2S2. The van der Waals surface area contributed by atoms with Crippen molar-refractivity contribution in [2.75, 3.05) is 0 Å². The summed E-state index contributed by atoms with van der Waals surface area (Å²) in [6, 6.07) is 3.00. The van der Waals surface area contributed by atoms with E-state index in [2.05, 4.69) is 19.6 Å². The largest absolute Gasteiger partial charge is 0.476 e. The van der Waals surface area contributed by atoms with Gasteiger partial charge in [0.15, 0.2) is 10.0 Å². The molecule has 82 valence electrons. The first-order valence-electron chi connectivity index (χ1n) is 4.20. The van der Waals surface area contributed by atoms with E-state index in [0.717, 1.165) is 4.34 Å². The third-order valence-corrected chi connectivity index (χ3v) is 3.33. The third kappa shape index (κ3) is 2.52. The second kappa shape index (κ2) is 4.54. The highest BCUT2D eigenvalue weighted by Crippen LogP contribution is 2.26. The summed E-state index contributed by atoms with van der Waals surface area (Å²) in [5.41, 5.74) is -0.0715. The number of aromatic carboxylic acids is 1. The average Bonchev–Trinajstić information content (AvgIpc) is 2.65. The Hall–Kier alpha value is -1.54. The summed E-state index contributed by atoms with van der Waals surface area (Å²) in [5, 5.41) is 16.6. The molecule has 0 saturated carbocycles. The first-order valence-corrected chi connectivity index (χ1v) is 5.79. The number of hydrogen-bond donors (Lipinski definition) is 1. The number of aromatic nitrogens is 4. The van der Waals surface area contributed by atoms with Gasteiger partial charge in [-0.3, -0.25) is 0 Å². The Labute approximate surface area is 98.9 Å². The van der Waals surface area contributed by atoms with E-state index in [1.165, 1.54) is 29.4 Å². The summed E-state index contributed by atoms with van der Waals surface area (Å²) in [5.74, 6) is -0.376. The number of rotatable bonds is 3. The van der Waals surface area contributed by atoms with Gasteiger partial charge in [-0.25, -0.2) is 9.78 Å². The van der Waals surface area contributed by atoms with Crippen molar-refractivity contribution in [3.63, 3.8) is 0 Å². The Kier molecular flexibility index (Phi) is 3.11. The smallest absolute Gasteiger partial charge is 0.356 e. The van der Waals surface area contributed by atoms with Gasteiger partial charge < -0.3 is 5.11 Å². The predicted octanol–water partition coefficient (Wildman–Crippen LogP) is 1.49. The molecule has 0 aliphatic heterocycles. The molecule has 0 amide bonds. The highest BCUT2D eigenvalue weighted by Gasteiger charge is 2.08. The summed E-state index contributed by atoms with van der Waals surface area (Å²) in [7, 11) is 0. The number of carboxylic acid groups (broad SMARTS) is 1. The highest BCUT2D eigenvalue weighted by atomic mass is 32.2. The van der Waals surface area contributed by atoms with Crippen molar-refractivity contribution in [1.29, 1.82) is 0 Å². The number of aryl methyl sites for hydroxylation is 1. The quantitative estimate of drug-likeness (QED) is 0.887. The lowest BCUT2D eigenvalue weighted by atomic mass is 10.4. The predicted molar refractivity (Wildman–Crippen MR) is 57.8 cm³/mol. The minimum absolute atomic E-state index is 0.0715. The minimum atomic E-state index is -1.09. The van der Waals surface area contributed by atoms with E-state index in [0.29, 0.717) is 10.9 Å². The van der Waals surface area contributed by atoms with Crippen molar-refractivity contribution < 1.29 is 9.90 Å². The maximum Gasteiger partial charge on any atom is 0.356 e. The fourth-order valence-corrected chi connectivity index (χ4v) is 2.41. The molecule has 2 rings (SSSR count). The van der Waals surface area contributed by atoms with Crippen molar-refractivity contribution in [2.45, 2.75) is 16.3 Å². The van der Waals surface area contributed by atoms with Gasteiger partial charge in [0.2, 0.25) is 0 Å². The monoisotopic (exact) mass is 254 g/mol. The van der Waals surface area contributed by atoms with E-state index in [1.54, 1.807) is 13.0 Å². The summed E-state index contributed by atoms with van der Waals surface area (Å²) in [6.45, 7) is 1.81. The molecule has 6 nitrogen and oxygen atoms in total. The zero-order valence-corrected chi connectivity index (χ0v) is 9.75. The van der Waals surface area contributed by atoms with Gasteiger partial charge in [0.1, 0.15) is 10.9 Å². The minimum Gasteiger partial charge on any atom is -0.476 e. The van der Waals surface area contributed by atoms with Crippen LogP contribution in [0.25, 0.3) is 0 Å². The molecule has 0 spiro atoms. The molecule has 0 radical (unpaired) electrons. The molecule has 0 aliphatic rings. The van der Waals surface area contributed by atoms with Gasteiger partial charge in [-0.2, -0.15) is 4.37 Å². The van der Waals surface area contributed by atoms with E-state index in [1.807, 2.05) is 0 Å². The van der Waals surface area contributed by atoms with Gasteiger partial charge in [0.25, 0.3) is 0 Å². The standard InChI is InChI=1S/C8H6N4O2S2/c1-4-9-8(16-12-4)15-6-3-2-5(7(13)14)10-11-6/h2-3H,1H3,(H,13,14). The van der Waals surface area contributed by atoms with Gasteiger partial charge in [-0.15, -0.1) is 10.2 Å². The lowest BCUT2D eigenvalue weighted by Crippen LogP contribution is -2.01. The SMILES string of the molecule is Cc1nsc(Sc2ccc(C(=O)O)nn2)n1. The topological polar surface area (TPSA) is 88.9 Å². The van der Waals surface area contributed by atoms with Crippen LogP contribution in [0.4, 0.5) is 0 Å². The molecular weight excluding hydrogens is 248 g/mol. The van der Waals surface area contributed by atoms with Crippen LogP contribution in [-0.4, -0.2) is 30.6 Å². The average molecular weight is 254 g/mol. The summed E-state index contributed by atoms with van der Waals surface area (Å²) < 4.78 is 4.79. The molecule has 1 N–H and O–H groups in total. The van der Waals surface area contributed by atoms with Gasteiger partial charge in [-0.1, -0.05) is 0 Å². The molecule has 2 heterocycles. The second-order valence-electron chi connectivity index (χ2n) is 2.77. The van der Waals surface area contributed by atoms with Crippen LogP contribution >= 0.6 is 23.3 Å². The highest BCUT2D eigenvalue weighted by molar-refractivity contribution is 8.00. The number of hydrogen-bond acceptors (Lipinski definition) is 7. The van der Waals surface area contributed by atoms with Crippen LogP contribution in [0.3, 0.4) is 0 Å². The molecule has 0 bridgehead atoms. The fraction of sp³-hybridized carbons (Fsp3) is 0.125. The lowest BCUT2D eigenvalue weighted by molar-refractivity contribution is 0.0689. The zero-order valence-electron chi connectivity index (χ0n) is 8.12. The lowest BCUT2D eigenvalue weighted by Gasteiger charge is -1.95. The first kappa shape index (κ1) is 11.0. The molecule has 16 heavy (non-hydrogen) atoms. The molecule has 0 saturated heterocycles. The van der Waals surface area contributed by atoms with Crippen molar-refractivity contribution in [3.8, 4) is 0 Å². The van der Waals surface area contributed by atoms with Crippen LogP contribution in [0.5, 0.6) is 0 Å². The Morgan fingerprint density at radius 2 is 2.25 bits per heavy atom. The Bertz CT molecular complexity index is 511. The molecule has 8 heteroatoms. The summed E-state index contributed by atoms with van der Waals surface area (Å²) in [6.07, 6.45) is 0. The molecule has 0 unspecified atom stereocenters. The molecule has 0 aliphatic carbocycles. The van der Waals surface area contributed by atoms with Gasteiger partial charge in [-0.05, 0) is 42.4 Å². The van der Waals surface area contributed by atoms with E-state index in [9.17, 15) is 4.79 Å². The van der Waals surface area contributed by atoms with Crippen molar-refractivity contribution >= 4 is 29.3 Å². The van der Waals surface area contributed by atoms with E-state index < -0.39 is 5.97 Å². The third-order valence-electron chi connectivity index (χ3n) is 1.56. The van der Waals surface area contributed by atoms with Gasteiger partial charge in [0, 0.05) is 0 Å². The van der Waals surface area contributed by atoms with Crippen molar-refractivity contribution in [1.82, 2.24) is 19.6 Å². The van der Waals surface area contributed by atoms with Gasteiger partial charge >= 0.3 is 5.97 Å². The fourth-order valence-electron chi connectivity index (χ4n) is 0.897. The molecule has 0 fully saturated rings. The molecule has 2 aromatic heterocycles.